The molecule has 0 saturated heterocycles. The van der Waals surface area contributed by atoms with Crippen molar-refractivity contribution in [3.8, 4) is 0 Å². The summed E-state index contributed by atoms with van der Waals surface area (Å²) >= 11 is 0. The van der Waals surface area contributed by atoms with Crippen LogP contribution in [0, 0.1) is 0 Å². The molecule has 0 N–H and O–H groups in total. The molecule has 0 aromatic heterocycles. The fourth-order valence-electron chi connectivity index (χ4n) is 0.618. The van der Waals surface area contributed by atoms with E-state index in [2.05, 4.69) is 11.3 Å². The standard InChI is InChI=1S/C8H11FO2/c1-4-6-8(9,5-2)7(10)11-3/h4-6H,2H2,1,3H3/b6-4+. The molecule has 0 radical (unpaired) electrons. The van der Waals surface area contributed by atoms with Crippen molar-refractivity contribution < 1.29 is 13.9 Å². The van der Waals surface area contributed by atoms with Gasteiger partial charge in [-0.2, -0.15) is 0 Å². The van der Waals surface area contributed by atoms with Gasteiger partial charge in [-0.05, 0) is 19.1 Å². The highest BCUT2D eigenvalue weighted by Crippen LogP contribution is 2.16. The van der Waals surface area contributed by atoms with Crippen LogP contribution >= 0.6 is 0 Å². The van der Waals surface area contributed by atoms with Crippen molar-refractivity contribution >= 4 is 5.97 Å². The molecule has 0 aliphatic rings. The van der Waals surface area contributed by atoms with E-state index in [1.54, 1.807) is 6.92 Å². The number of alkyl halides is 1. The van der Waals surface area contributed by atoms with Gasteiger partial charge >= 0.3 is 5.97 Å². The molecule has 0 fully saturated rings. The molecule has 0 bridgehead atoms. The maximum absolute atomic E-state index is 13.2. The highest BCUT2D eigenvalue weighted by molar-refractivity contribution is 5.84. The second-order valence-electron chi connectivity index (χ2n) is 1.96. The fraction of sp³-hybridized carbons (Fsp3) is 0.375. The van der Waals surface area contributed by atoms with Crippen LogP contribution in [0.15, 0.2) is 24.8 Å². The summed E-state index contributed by atoms with van der Waals surface area (Å²) in [7, 11) is 1.13. The lowest BCUT2D eigenvalue weighted by molar-refractivity contribution is -0.148. The summed E-state index contributed by atoms with van der Waals surface area (Å²) in [5.74, 6) is -0.953. The molecule has 0 heterocycles. The molecule has 0 spiro atoms. The van der Waals surface area contributed by atoms with Crippen molar-refractivity contribution in [3.05, 3.63) is 24.8 Å². The Morgan fingerprint density at radius 3 is 2.55 bits per heavy atom. The van der Waals surface area contributed by atoms with E-state index >= 15 is 0 Å². The van der Waals surface area contributed by atoms with Crippen LogP contribution in [0.25, 0.3) is 0 Å². The van der Waals surface area contributed by atoms with E-state index < -0.39 is 11.6 Å². The minimum atomic E-state index is -2.18. The van der Waals surface area contributed by atoms with Crippen LogP contribution in [0.2, 0.25) is 0 Å². The van der Waals surface area contributed by atoms with E-state index in [9.17, 15) is 9.18 Å². The van der Waals surface area contributed by atoms with Crippen LogP contribution < -0.4 is 0 Å². The van der Waals surface area contributed by atoms with Gasteiger partial charge in [0.05, 0.1) is 7.11 Å². The summed E-state index contributed by atoms with van der Waals surface area (Å²) in [6.45, 7) is 4.81. The molecule has 0 saturated carbocycles. The molecule has 62 valence electrons. The second-order valence-corrected chi connectivity index (χ2v) is 1.96. The number of hydrogen-bond acceptors (Lipinski definition) is 2. The first-order valence-electron chi connectivity index (χ1n) is 3.15. The van der Waals surface area contributed by atoms with Crippen molar-refractivity contribution in [1.82, 2.24) is 0 Å². The Morgan fingerprint density at radius 2 is 2.27 bits per heavy atom. The lowest BCUT2D eigenvalue weighted by Crippen LogP contribution is -2.29. The summed E-state index contributed by atoms with van der Waals surface area (Å²) in [4.78, 5) is 10.7. The molecule has 1 unspecified atom stereocenters. The monoisotopic (exact) mass is 158 g/mol. The highest BCUT2D eigenvalue weighted by atomic mass is 19.1. The van der Waals surface area contributed by atoms with Crippen LogP contribution in [0.5, 0.6) is 0 Å². The third-order valence-electron chi connectivity index (χ3n) is 1.20. The van der Waals surface area contributed by atoms with E-state index in [0.717, 1.165) is 19.3 Å². The number of allylic oxidation sites excluding steroid dienone is 1. The van der Waals surface area contributed by atoms with Gasteiger partial charge in [0.2, 0.25) is 5.67 Å². The van der Waals surface area contributed by atoms with Crippen LogP contribution in [-0.4, -0.2) is 18.7 Å². The van der Waals surface area contributed by atoms with Crippen molar-refractivity contribution in [1.29, 1.82) is 0 Å². The molecule has 2 nitrogen and oxygen atoms in total. The number of esters is 1. The summed E-state index contributed by atoms with van der Waals surface area (Å²) in [6, 6.07) is 0. The average molecular weight is 158 g/mol. The first-order chi connectivity index (χ1) is 5.10. The van der Waals surface area contributed by atoms with Gasteiger partial charge in [0.25, 0.3) is 0 Å². The normalized spacial score (nSPS) is 15.9. The summed E-state index contributed by atoms with van der Waals surface area (Å²) in [5.41, 5.74) is -2.18. The smallest absolute Gasteiger partial charge is 0.351 e. The van der Waals surface area contributed by atoms with Gasteiger partial charge < -0.3 is 4.74 Å². The Hall–Kier alpha value is -1.12. The third-order valence-corrected chi connectivity index (χ3v) is 1.20. The van der Waals surface area contributed by atoms with E-state index in [4.69, 9.17) is 0 Å². The number of carbonyl (C=O) groups excluding carboxylic acids is 1. The van der Waals surface area contributed by atoms with Gasteiger partial charge in [0, 0.05) is 0 Å². The maximum atomic E-state index is 13.2. The van der Waals surface area contributed by atoms with Crippen LogP contribution in [-0.2, 0) is 9.53 Å². The molecule has 0 aliphatic heterocycles. The Kier molecular flexibility index (Phi) is 3.51. The zero-order chi connectivity index (χ0) is 8.91. The number of ether oxygens (including phenoxy) is 1. The number of carbonyl (C=O) groups is 1. The molecule has 0 amide bonds. The molecular formula is C8H11FO2. The Morgan fingerprint density at radius 1 is 1.73 bits per heavy atom. The minimum Gasteiger partial charge on any atom is -0.466 e. The second kappa shape index (κ2) is 3.91. The van der Waals surface area contributed by atoms with Crippen molar-refractivity contribution in [2.45, 2.75) is 12.6 Å². The van der Waals surface area contributed by atoms with Crippen LogP contribution in [0.1, 0.15) is 6.92 Å². The van der Waals surface area contributed by atoms with Crippen LogP contribution in [0.4, 0.5) is 4.39 Å². The van der Waals surface area contributed by atoms with Gasteiger partial charge in [-0.1, -0.05) is 12.7 Å². The Labute approximate surface area is 65.4 Å². The summed E-state index contributed by atoms with van der Waals surface area (Å²) in [6.07, 6.45) is 3.42. The molecule has 11 heavy (non-hydrogen) atoms. The zero-order valence-corrected chi connectivity index (χ0v) is 6.63. The zero-order valence-electron chi connectivity index (χ0n) is 6.63. The number of hydrogen-bond donors (Lipinski definition) is 0. The van der Waals surface area contributed by atoms with Gasteiger partial charge in [-0.3, -0.25) is 0 Å². The molecule has 3 heteroatoms. The van der Waals surface area contributed by atoms with E-state index in [1.807, 2.05) is 0 Å². The topological polar surface area (TPSA) is 26.3 Å². The molecular weight excluding hydrogens is 147 g/mol. The predicted molar refractivity (Wildman–Crippen MR) is 40.9 cm³/mol. The van der Waals surface area contributed by atoms with E-state index in [-0.39, 0.29) is 0 Å². The molecule has 0 aromatic rings. The van der Waals surface area contributed by atoms with E-state index in [0.29, 0.717) is 0 Å². The lowest BCUT2D eigenvalue weighted by Gasteiger charge is -2.12. The average Bonchev–Trinajstić information content (AvgIpc) is 2.03. The lowest BCUT2D eigenvalue weighted by atomic mass is 10.1. The highest BCUT2D eigenvalue weighted by Gasteiger charge is 2.32. The van der Waals surface area contributed by atoms with Crippen molar-refractivity contribution in [2.24, 2.45) is 0 Å². The van der Waals surface area contributed by atoms with Gasteiger partial charge in [0.1, 0.15) is 0 Å². The largest absolute Gasteiger partial charge is 0.466 e. The summed E-state index contributed by atoms with van der Waals surface area (Å²) < 4.78 is 17.5. The first-order valence-corrected chi connectivity index (χ1v) is 3.15. The van der Waals surface area contributed by atoms with Gasteiger partial charge in [-0.15, -0.1) is 0 Å². The number of methoxy groups -OCH3 is 1. The molecule has 0 aliphatic carbocycles. The maximum Gasteiger partial charge on any atom is 0.351 e. The Balaban J connectivity index is 4.58. The minimum absolute atomic E-state index is 0.902. The van der Waals surface area contributed by atoms with Gasteiger partial charge in [0.15, 0.2) is 0 Å². The summed E-state index contributed by atoms with van der Waals surface area (Å²) in [5, 5.41) is 0. The molecule has 1 atom stereocenters. The molecule has 0 rings (SSSR count). The van der Waals surface area contributed by atoms with Gasteiger partial charge in [-0.25, -0.2) is 9.18 Å². The van der Waals surface area contributed by atoms with Crippen molar-refractivity contribution in [3.63, 3.8) is 0 Å². The first kappa shape index (κ1) is 9.88. The van der Waals surface area contributed by atoms with Crippen LogP contribution in [0.3, 0.4) is 0 Å². The number of halogens is 1. The number of rotatable bonds is 3. The Bertz CT molecular complexity index is 187. The molecule has 0 aromatic carbocycles. The quantitative estimate of drug-likeness (QED) is 0.461. The fourth-order valence-corrected chi connectivity index (χ4v) is 0.618. The SMILES string of the molecule is C=CC(F)(/C=C/C)C(=O)OC. The van der Waals surface area contributed by atoms with Crippen molar-refractivity contribution in [2.75, 3.05) is 7.11 Å². The third kappa shape index (κ3) is 2.18. The predicted octanol–water partition coefficient (Wildman–Crippen LogP) is 1.63. The van der Waals surface area contributed by atoms with E-state index in [1.165, 1.54) is 6.08 Å².